The van der Waals surface area contributed by atoms with E-state index >= 15 is 0 Å². The summed E-state index contributed by atoms with van der Waals surface area (Å²) in [6, 6.07) is 11.9. The van der Waals surface area contributed by atoms with Gasteiger partial charge in [-0.25, -0.2) is 0 Å². The number of rotatable bonds is 3. The van der Waals surface area contributed by atoms with Gasteiger partial charge in [-0.05, 0) is 31.7 Å². The summed E-state index contributed by atoms with van der Waals surface area (Å²) < 4.78 is 5.30. The van der Waals surface area contributed by atoms with Gasteiger partial charge in [0, 0.05) is 6.42 Å². The fraction of sp³-hybridized carbons (Fsp3) is 0.450. The summed E-state index contributed by atoms with van der Waals surface area (Å²) in [6.45, 7) is 5.36. The van der Waals surface area contributed by atoms with Crippen LogP contribution in [0.4, 0.5) is 0 Å². The molecule has 3 heteroatoms. The average molecular weight is 329 g/mol. The highest BCUT2D eigenvalue weighted by Crippen LogP contribution is 2.23. The van der Waals surface area contributed by atoms with E-state index in [4.69, 9.17) is 4.74 Å². The summed E-state index contributed by atoms with van der Waals surface area (Å²) in [6.07, 6.45) is 11.3. The molecule has 2 nitrogen and oxygen atoms in total. The van der Waals surface area contributed by atoms with Crippen molar-refractivity contribution >= 4 is 14.0 Å². The Kier molecular flexibility index (Phi) is 6.84. The Hall–Kier alpha value is -1.61. The lowest BCUT2D eigenvalue weighted by atomic mass is 10.2. The van der Waals surface area contributed by atoms with Crippen LogP contribution in [-0.4, -0.2) is 20.7 Å². The molecule has 0 aromatic heterocycles. The SMILES string of the molecule is C[Si](C)(Cc1ccccc1)C1=C/CCOC(=O)CCCC/C=C\1. The Morgan fingerprint density at radius 3 is 2.65 bits per heavy atom. The number of esters is 1. The van der Waals surface area contributed by atoms with Crippen molar-refractivity contribution in [1.82, 2.24) is 0 Å². The number of carbonyl (C=O) groups is 1. The molecule has 0 spiro atoms. The highest BCUT2D eigenvalue weighted by atomic mass is 28.3. The van der Waals surface area contributed by atoms with Gasteiger partial charge in [0.15, 0.2) is 0 Å². The van der Waals surface area contributed by atoms with Gasteiger partial charge in [-0.15, -0.1) is 0 Å². The Balaban J connectivity index is 2.11. The molecule has 23 heavy (non-hydrogen) atoms. The van der Waals surface area contributed by atoms with Crippen LogP contribution in [-0.2, 0) is 15.6 Å². The Morgan fingerprint density at radius 2 is 1.87 bits per heavy atom. The van der Waals surface area contributed by atoms with Gasteiger partial charge in [0.1, 0.15) is 0 Å². The van der Waals surface area contributed by atoms with Crippen molar-refractivity contribution in [1.29, 1.82) is 0 Å². The number of ether oxygens (including phenoxy) is 1. The molecule has 124 valence electrons. The first-order chi connectivity index (χ1) is 11.1. The molecule has 0 amide bonds. The van der Waals surface area contributed by atoms with Crippen LogP contribution in [0.5, 0.6) is 0 Å². The van der Waals surface area contributed by atoms with Crippen LogP contribution < -0.4 is 0 Å². The zero-order chi connectivity index (χ0) is 16.5. The van der Waals surface area contributed by atoms with Crippen LogP contribution in [0, 0.1) is 0 Å². The summed E-state index contributed by atoms with van der Waals surface area (Å²) in [4.78, 5) is 11.6. The van der Waals surface area contributed by atoms with E-state index in [9.17, 15) is 4.79 Å². The van der Waals surface area contributed by atoms with E-state index in [1.807, 2.05) is 0 Å². The number of carbonyl (C=O) groups excluding carboxylic acids is 1. The zero-order valence-electron chi connectivity index (χ0n) is 14.4. The van der Waals surface area contributed by atoms with Gasteiger partial charge < -0.3 is 4.74 Å². The molecule has 0 saturated heterocycles. The highest BCUT2D eigenvalue weighted by molar-refractivity contribution is 6.84. The second-order valence-corrected chi connectivity index (χ2v) is 11.6. The maximum Gasteiger partial charge on any atom is 0.305 e. The minimum atomic E-state index is -1.55. The lowest BCUT2D eigenvalue weighted by molar-refractivity contribution is -0.143. The first-order valence-corrected chi connectivity index (χ1v) is 11.9. The van der Waals surface area contributed by atoms with E-state index in [0.29, 0.717) is 13.0 Å². The first-order valence-electron chi connectivity index (χ1n) is 8.65. The molecule has 0 fully saturated rings. The van der Waals surface area contributed by atoms with Gasteiger partial charge >= 0.3 is 5.97 Å². The Bertz CT molecular complexity index is 558. The van der Waals surface area contributed by atoms with E-state index in [2.05, 4.69) is 61.7 Å². The minimum Gasteiger partial charge on any atom is -0.465 e. The van der Waals surface area contributed by atoms with Crippen LogP contribution in [0.1, 0.15) is 37.7 Å². The molecule has 1 aliphatic rings. The van der Waals surface area contributed by atoms with Gasteiger partial charge in [0.2, 0.25) is 0 Å². The lowest BCUT2D eigenvalue weighted by Crippen LogP contribution is -2.32. The second-order valence-electron chi connectivity index (χ2n) is 6.86. The average Bonchev–Trinajstić information content (AvgIpc) is 2.51. The van der Waals surface area contributed by atoms with Crippen molar-refractivity contribution in [3.63, 3.8) is 0 Å². The molecule has 1 aliphatic heterocycles. The van der Waals surface area contributed by atoms with Crippen molar-refractivity contribution in [2.24, 2.45) is 0 Å². The predicted octanol–water partition coefficient (Wildman–Crippen LogP) is 5.01. The normalized spacial score (nSPS) is 21.3. The molecular weight excluding hydrogens is 300 g/mol. The maximum absolute atomic E-state index is 11.6. The van der Waals surface area contributed by atoms with Crippen molar-refractivity contribution < 1.29 is 9.53 Å². The second kappa shape index (κ2) is 8.87. The largest absolute Gasteiger partial charge is 0.465 e. The lowest BCUT2D eigenvalue weighted by Gasteiger charge is -2.25. The van der Waals surface area contributed by atoms with Gasteiger partial charge in [0.25, 0.3) is 0 Å². The van der Waals surface area contributed by atoms with Gasteiger partial charge in [-0.3, -0.25) is 4.79 Å². The van der Waals surface area contributed by atoms with Crippen molar-refractivity contribution in [3.8, 4) is 0 Å². The van der Waals surface area contributed by atoms with E-state index < -0.39 is 8.07 Å². The first kappa shape index (κ1) is 17.7. The summed E-state index contributed by atoms with van der Waals surface area (Å²) in [7, 11) is -1.55. The summed E-state index contributed by atoms with van der Waals surface area (Å²) in [5.41, 5.74) is 1.41. The van der Waals surface area contributed by atoms with Gasteiger partial charge in [-0.2, -0.15) is 0 Å². The molecule has 0 atom stereocenters. The summed E-state index contributed by atoms with van der Waals surface area (Å²) in [5.74, 6) is -0.0507. The third-order valence-electron chi connectivity index (χ3n) is 4.31. The fourth-order valence-electron chi connectivity index (χ4n) is 2.98. The molecule has 0 radical (unpaired) electrons. The van der Waals surface area contributed by atoms with Crippen LogP contribution in [0.2, 0.25) is 13.1 Å². The van der Waals surface area contributed by atoms with Crippen LogP contribution in [0.3, 0.4) is 0 Å². The van der Waals surface area contributed by atoms with E-state index in [1.54, 1.807) is 0 Å². The van der Waals surface area contributed by atoms with Crippen molar-refractivity contribution in [3.05, 3.63) is 59.3 Å². The molecule has 1 heterocycles. The monoisotopic (exact) mass is 328 g/mol. The molecule has 0 N–H and O–H groups in total. The van der Waals surface area contributed by atoms with E-state index in [0.717, 1.165) is 31.7 Å². The van der Waals surface area contributed by atoms with Gasteiger partial charge in [-0.1, -0.05) is 72.4 Å². The molecular formula is C20H28O2Si. The van der Waals surface area contributed by atoms with E-state index in [-0.39, 0.29) is 5.97 Å². The molecule has 0 saturated carbocycles. The molecule has 1 aromatic rings. The van der Waals surface area contributed by atoms with Crippen LogP contribution in [0.15, 0.2) is 53.8 Å². The maximum atomic E-state index is 11.6. The molecule has 1 aromatic carbocycles. The number of benzene rings is 1. The number of cyclic esters (lactones) is 1. The standard InChI is InChI=1S/C20H28O2Si/c1-23(2,17-18-11-6-5-7-12-18)19-13-8-3-4-9-15-20(21)22-16-10-14-19/h5-8,11-14H,3-4,9-10,15-17H2,1-2H3/b13-8-,19-14+. The fourth-order valence-corrected chi connectivity index (χ4v) is 5.71. The zero-order valence-corrected chi connectivity index (χ0v) is 15.4. The number of hydrogen-bond donors (Lipinski definition) is 0. The number of hydrogen-bond acceptors (Lipinski definition) is 2. The molecule has 2 rings (SSSR count). The summed E-state index contributed by atoms with van der Waals surface area (Å²) in [5, 5.41) is 1.47. The van der Waals surface area contributed by atoms with Crippen molar-refractivity contribution in [2.45, 2.75) is 51.2 Å². The topological polar surface area (TPSA) is 26.3 Å². The molecule has 0 aliphatic carbocycles. The molecule has 0 unspecified atom stereocenters. The highest BCUT2D eigenvalue weighted by Gasteiger charge is 2.24. The van der Waals surface area contributed by atoms with E-state index in [1.165, 1.54) is 10.8 Å². The van der Waals surface area contributed by atoms with Gasteiger partial charge in [0.05, 0.1) is 14.7 Å². The van der Waals surface area contributed by atoms with Crippen molar-refractivity contribution in [2.75, 3.05) is 6.61 Å². The number of allylic oxidation sites excluding steroid dienone is 3. The Labute approximate surface area is 141 Å². The van der Waals surface area contributed by atoms with Crippen LogP contribution in [0.25, 0.3) is 0 Å². The Morgan fingerprint density at radius 1 is 1.09 bits per heavy atom. The third-order valence-corrected chi connectivity index (χ3v) is 7.54. The van der Waals surface area contributed by atoms with Crippen LogP contribution >= 0.6 is 0 Å². The smallest absolute Gasteiger partial charge is 0.305 e. The predicted molar refractivity (Wildman–Crippen MR) is 98.9 cm³/mol. The third kappa shape index (κ3) is 6.18. The summed E-state index contributed by atoms with van der Waals surface area (Å²) >= 11 is 0. The minimum absolute atomic E-state index is 0.0507. The quantitative estimate of drug-likeness (QED) is 0.576. The molecule has 0 bridgehead atoms.